The van der Waals surface area contributed by atoms with Gasteiger partial charge in [0.2, 0.25) is 0 Å². The third kappa shape index (κ3) is 3.73. The van der Waals surface area contributed by atoms with Crippen LogP contribution in [0.15, 0.2) is 95.9 Å². The summed E-state index contributed by atoms with van der Waals surface area (Å²) >= 11 is 0. The number of pyridine rings is 2. The summed E-state index contributed by atoms with van der Waals surface area (Å²) in [5.41, 5.74) is 3.57. The van der Waals surface area contributed by atoms with Gasteiger partial charge in [-0.05, 0) is 42.0 Å². The van der Waals surface area contributed by atoms with Crippen LogP contribution in [0.25, 0.3) is 21.8 Å². The number of hydrogen-bond acceptors (Lipinski definition) is 4. The summed E-state index contributed by atoms with van der Waals surface area (Å²) < 4.78 is 6.05. The smallest absolute Gasteiger partial charge is 0.252 e. The maximum Gasteiger partial charge on any atom is 0.252 e. The van der Waals surface area contributed by atoms with E-state index >= 15 is 0 Å². The summed E-state index contributed by atoms with van der Waals surface area (Å²) in [6.07, 6.45) is 1.89. The number of aromatic nitrogens is 2. The highest BCUT2D eigenvalue weighted by Crippen LogP contribution is 2.29. The third-order valence-corrected chi connectivity index (χ3v) is 4.92. The standard InChI is InChI=1S/C25H19N3O2/c29-25-14-24(21-9-2-4-11-23(21)28-25)30-20-8-5-7-19(13-20)26-15-17-12-18-6-1-3-10-22(18)27-16-17/h1-14,16,26H,15H2,(H,28,29). The molecule has 0 amide bonds. The van der Waals surface area contributed by atoms with Crippen molar-refractivity contribution in [3.63, 3.8) is 0 Å². The van der Waals surface area contributed by atoms with Crippen LogP contribution in [-0.4, -0.2) is 9.97 Å². The van der Waals surface area contributed by atoms with E-state index < -0.39 is 0 Å². The number of benzene rings is 3. The van der Waals surface area contributed by atoms with E-state index in [1.54, 1.807) is 0 Å². The molecule has 0 atom stereocenters. The molecule has 0 aliphatic carbocycles. The number of fused-ring (bicyclic) bond motifs is 2. The Balaban J connectivity index is 1.36. The van der Waals surface area contributed by atoms with Gasteiger partial charge in [-0.3, -0.25) is 9.78 Å². The van der Waals surface area contributed by atoms with Crippen LogP contribution < -0.4 is 15.6 Å². The predicted molar refractivity (Wildman–Crippen MR) is 120 cm³/mol. The van der Waals surface area contributed by atoms with Crippen molar-refractivity contribution in [1.82, 2.24) is 9.97 Å². The van der Waals surface area contributed by atoms with Gasteiger partial charge in [-0.15, -0.1) is 0 Å². The fraction of sp³-hybridized carbons (Fsp3) is 0.0400. The highest BCUT2D eigenvalue weighted by Gasteiger charge is 2.06. The molecule has 5 rings (SSSR count). The molecule has 0 spiro atoms. The molecule has 0 aliphatic rings. The van der Waals surface area contributed by atoms with E-state index in [4.69, 9.17) is 4.74 Å². The number of ether oxygens (including phenoxy) is 1. The van der Waals surface area contributed by atoms with Crippen molar-refractivity contribution < 1.29 is 4.74 Å². The van der Waals surface area contributed by atoms with Gasteiger partial charge in [0.05, 0.1) is 11.0 Å². The number of anilines is 1. The molecule has 0 bridgehead atoms. The van der Waals surface area contributed by atoms with Gasteiger partial charge in [-0.2, -0.15) is 0 Å². The Hall–Kier alpha value is -4.12. The zero-order chi connectivity index (χ0) is 20.3. The molecule has 0 aliphatic heterocycles. The number of rotatable bonds is 5. The second-order valence-electron chi connectivity index (χ2n) is 7.06. The highest BCUT2D eigenvalue weighted by molar-refractivity contribution is 5.85. The lowest BCUT2D eigenvalue weighted by Crippen LogP contribution is -2.05. The van der Waals surface area contributed by atoms with E-state index in [1.165, 1.54) is 6.07 Å². The maximum atomic E-state index is 12.0. The predicted octanol–water partition coefficient (Wildman–Crippen LogP) is 5.48. The van der Waals surface area contributed by atoms with Gasteiger partial charge in [-0.1, -0.05) is 36.4 Å². The molecule has 3 aromatic carbocycles. The quantitative estimate of drug-likeness (QED) is 0.415. The zero-order valence-corrected chi connectivity index (χ0v) is 16.1. The van der Waals surface area contributed by atoms with Crippen molar-refractivity contribution >= 4 is 27.5 Å². The molecule has 2 aromatic heterocycles. The summed E-state index contributed by atoms with van der Waals surface area (Å²) in [5.74, 6) is 1.19. The summed E-state index contributed by atoms with van der Waals surface area (Å²) in [5, 5.41) is 5.39. The van der Waals surface area contributed by atoms with Crippen LogP contribution >= 0.6 is 0 Å². The minimum Gasteiger partial charge on any atom is -0.456 e. The molecule has 146 valence electrons. The Bertz CT molecular complexity index is 1410. The highest BCUT2D eigenvalue weighted by atomic mass is 16.5. The van der Waals surface area contributed by atoms with Crippen LogP contribution in [0.2, 0.25) is 0 Å². The minimum absolute atomic E-state index is 0.193. The van der Waals surface area contributed by atoms with Gasteiger partial charge in [0.15, 0.2) is 0 Å². The average Bonchev–Trinajstić information content (AvgIpc) is 2.78. The average molecular weight is 393 g/mol. The number of nitrogens with zero attached hydrogens (tertiary/aromatic N) is 1. The summed E-state index contributed by atoms with van der Waals surface area (Å²) in [4.78, 5) is 19.3. The fourth-order valence-corrected chi connectivity index (χ4v) is 3.47. The molecule has 2 N–H and O–H groups in total. The van der Waals surface area contributed by atoms with Crippen LogP contribution in [0.1, 0.15) is 5.56 Å². The molecule has 2 heterocycles. The number of H-pyrrole nitrogens is 1. The summed E-state index contributed by atoms with van der Waals surface area (Å²) in [7, 11) is 0. The topological polar surface area (TPSA) is 67.0 Å². The first-order valence-corrected chi connectivity index (χ1v) is 9.72. The Morgan fingerprint density at radius 3 is 2.73 bits per heavy atom. The van der Waals surface area contributed by atoms with Crippen LogP contribution in [-0.2, 0) is 6.54 Å². The number of hydrogen-bond donors (Lipinski definition) is 2. The van der Waals surface area contributed by atoms with E-state index in [0.29, 0.717) is 18.0 Å². The van der Waals surface area contributed by atoms with Crippen LogP contribution in [0, 0.1) is 0 Å². The third-order valence-electron chi connectivity index (χ3n) is 4.92. The molecule has 5 heteroatoms. The van der Waals surface area contributed by atoms with Crippen molar-refractivity contribution in [3.05, 3.63) is 107 Å². The van der Waals surface area contributed by atoms with Gasteiger partial charge in [0, 0.05) is 41.3 Å². The summed E-state index contributed by atoms with van der Waals surface area (Å²) in [6.45, 7) is 0.648. The molecule has 5 nitrogen and oxygen atoms in total. The Morgan fingerprint density at radius 1 is 0.900 bits per heavy atom. The zero-order valence-electron chi connectivity index (χ0n) is 16.1. The molecule has 5 aromatic rings. The first-order chi connectivity index (χ1) is 14.7. The molecule has 0 saturated heterocycles. The lowest BCUT2D eigenvalue weighted by Gasteiger charge is -2.11. The lowest BCUT2D eigenvalue weighted by atomic mass is 10.1. The lowest BCUT2D eigenvalue weighted by molar-refractivity contribution is 0.487. The number of aromatic amines is 1. The first kappa shape index (κ1) is 17.9. The van der Waals surface area contributed by atoms with Crippen molar-refractivity contribution in [3.8, 4) is 11.5 Å². The molecule has 0 unspecified atom stereocenters. The van der Waals surface area contributed by atoms with Gasteiger partial charge in [-0.25, -0.2) is 0 Å². The Kier molecular flexibility index (Phi) is 4.62. The Morgan fingerprint density at radius 2 is 1.77 bits per heavy atom. The minimum atomic E-state index is -0.193. The van der Waals surface area contributed by atoms with Crippen LogP contribution in [0.3, 0.4) is 0 Å². The normalized spacial score (nSPS) is 10.9. The van der Waals surface area contributed by atoms with Crippen molar-refractivity contribution in [2.75, 3.05) is 5.32 Å². The molecular formula is C25H19N3O2. The first-order valence-electron chi connectivity index (χ1n) is 9.72. The molecule has 0 radical (unpaired) electrons. The van der Waals surface area contributed by atoms with Gasteiger partial charge >= 0.3 is 0 Å². The number of para-hydroxylation sites is 2. The molecular weight excluding hydrogens is 374 g/mol. The maximum absolute atomic E-state index is 12.0. The molecule has 0 saturated carbocycles. The second kappa shape index (κ2) is 7.72. The van der Waals surface area contributed by atoms with E-state index in [0.717, 1.165) is 33.1 Å². The fourth-order valence-electron chi connectivity index (χ4n) is 3.47. The van der Waals surface area contributed by atoms with Crippen molar-refractivity contribution in [2.24, 2.45) is 0 Å². The van der Waals surface area contributed by atoms with E-state index in [-0.39, 0.29) is 5.56 Å². The van der Waals surface area contributed by atoms with Crippen molar-refractivity contribution in [2.45, 2.75) is 6.54 Å². The van der Waals surface area contributed by atoms with Crippen LogP contribution in [0.5, 0.6) is 11.5 Å². The van der Waals surface area contributed by atoms with Gasteiger partial charge in [0.1, 0.15) is 11.5 Å². The second-order valence-corrected chi connectivity index (χ2v) is 7.06. The molecule has 30 heavy (non-hydrogen) atoms. The SMILES string of the molecule is O=c1cc(Oc2cccc(NCc3cnc4ccccc4c3)c2)c2ccccc2[nH]1. The Labute approximate surface area is 173 Å². The number of nitrogens with one attached hydrogen (secondary N) is 2. The monoisotopic (exact) mass is 393 g/mol. The molecule has 0 fully saturated rings. The van der Waals surface area contributed by atoms with Gasteiger partial charge < -0.3 is 15.0 Å². The van der Waals surface area contributed by atoms with E-state index in [1.807, 2.05) is 72.9 Å². The van der Waals surface area contributed by atoms with E-state index in [9.17, 15) is 4.79 Å². The van der Waals surface area contributed by atoms with Gasteiger partial charge in [0.25, 0.3) is 5.56 Å². The van der Waals surface area contributed by atoms with Crippen LogP contribution in [0.4, 0.5) is 5.69 Å². The van der Waals surface area contributed by atoms with E-state index in [2.05, 4.69) is 27.4 Å². The summed E-state index contributed by atoms with van der Waals surface area (Å²) in [6, 6.07) is 27.0. The largest absolute Gasteiger partial charge is 0.456 e. The van der Waals surface area contributed by atoms with Crippen molar-refractivity contribution in [1.29, 1.82) is 0 Å².